The standard InChI is InChI=1S/C11H9BrN4O2/c12-9-7(4-13)15-16-10(9)5-1-2-6-8(3-5)18-11(17)14-6/h1-3H,4,13H2,(H,14,17)(H,15,16). The first-order valence-electron chi connectivity index (χ1n) is 5.25. The Morgan fingerprint density at radius 3 is 3.00 bits per heavy atom. The van der Waals surface area contributed by atoms with E-state index in [4.69, 9.17) is 10.2 Å². The minimum Gasteiger partial charge on any atom is -0.408 e. The van der Waals surface area contributed by atoms with Gasteiger partial charge in [-0.3, -0.25) is 10.1 Å². The second-order valence-corrected chi connectivity index (χ2v) is 4.59. The highest BCUT2D eigenvalue weighted by Gasteiger charge is 2.12. The summed E-state index contributed by atoms with van der Waals surface area (Å²) in [6.07, 6.45) is 0. The van der Waals surface area contributed by atoms with Gasteiger partial charge in [-0.1, -0.05) is 6.07 Å². The van der Waals surface area contributed by atoms with Crippen molar-refractivity contribution in [2.24, 2.45) is 5.73 Å². The van der Waals surface area contributed by atoms with Crippen molar-refractivity contribution in [2.45, 2.75) is 6.54 Å². The highest BCUT2D eigenvalue weighted by Crippen LogP contribution is 2.30. The Hall–Kier alpha value is -1.86. The van der Waals surface area contributed by atoms with Crippen molar-refractivity contribution in [1.82, 2.24) is 15.2 Å². The van der Waals surface area contributed by atoms with E-state index in [2.05, 4.69) is 31.1 Å². The van der Waals surface area contributed by atoms with E-state index in [1.165, 1.54) is 0 Å². The zero-order chi connectivity index (χ0) is 12.7. The Bertz CT molecular complexity index is 771. The number of rotatable bonds is 2. The zero-order valence-electron chi connectivity index (χ0n) is 9.16. The summed E-state index contributed by atoms with van der Waals surface area (Å²) in [4.78, 5) is 13.7. The molecule has 6 nitrogen and oxygen atoms in total. The molecule has 2 aromatic heterocycles. The normalized spacial score (nSPS) is 11.2. The van der Waals surface area contributed by atoms with Gasteiger partial charge in [-0.2, -0.15) is 5.10 Å². The van der Waals surface area contributed by atoms with Crippen LogP contribution in [0.2, 0.25) is 0 Å². The lowest BCUT2D eigenvalue weighted by atomic mass is 10.1. The van der Waals surface area contributed by atoms with Crippen molar-refractivity contribution in [3.05, 3.63) is 38.9 Å². The van der Waals surface area contributed by atoms with Crippen molar-refractivity contribution >= 4 is 27.0 Å². The average Bonchev–Trinajstić information content (AvgIpc) is 2.89. The molecule has 0 saturated heterocycles. The zero-order valence-corrected chi connectivity index (χ0v) is 10.7. The highest BCUT2D eigenvalue weighted by atomic mass is 79.9. The number of aromatic amines is 2. The number of halogens is 1. The van der Waals surface area contributed by atoms with E-state index in [0.29, 0.717) is 17.6 Å². The van der Waals surface area contributed by atoms with Crippen molar-refractivity contribution in [1.29, 1.82) is 0 Å². The third-order valence-corrected chi connectivity index (χ3v) is 3.53. The molecule has 0 aliphatic carbocycles. The third-order valence-electron chi connectivity index (χ3n) is 2.67. The SMILES string of the molecule is NCc1[nH]nc(-c2ccc3[nH]c(=O)oc3c2)c1Br. The number of fused-ring (bicyclic) bond motifs is 1. The number of nitrogens with one attached hydrogen (secondary N) is 2. The second-order valence-electron chi connectivity index (χ2n) is 3.79. The maximum atomic E-state index is 11.1. The molecular formula is C11H9BrN4O2. The predicted molar refractivity (Wildman–Crippen MR) is 70.0 cm³/mol. The first-order chi connectivity index (χ1) is 8.69. The second kappa shape index (κ2) is 4.11. The van der Waals surface area contributed by atoms with Gasteiger partial charge in [-0.25, -0.2) is 4.79 Å². The van der Waals surface area contributed by atoms with Crippen LogP contribution in [0.1, 0.15) is 5.69 Å². The molecule has 3 aromatic rings. The Kier molecular flexibility index (Phi) is 2.57. The molecule has 0 fully saturated rings. The summed E-state index contributed by atoms with van der Waals surface area (Å²) in [5.74, 6) is -0.467. The minimum atomic E-state index is -0.467. The summed E-state index contributed by atoms with van der Waals surface area (Å²) < 4.78 is 5.84. The van der Waals surface area contributed by atoms with Crippen LogP contribution >= 0.6 is 15.9 Å². The molecule has 4 N–H and O–H groups in total. The van der Waals surface area contributed by atoms with Crippen molar-refractivity contribution in [3.63, 3.8) is 0 Å². The van der Waals surface area contributed by atoms with Gasteiger partial charge >= 0.3 is 5.76 Å². The van der Waals surface area contributed by atoms with Gasteiger partial charge < -0.3 is 10.2 Å². The summed E-state index contributed by atoms with van der Waals surface area (Å²) in [6, 6.07) is 5.39. The van der Waals surface area contributed by atoms with Crippen LogP contribution < -0.4 is 11.5 Å². The van der Waals surface area contributed by atoms with Gasteiger partial charge in [-0.15, -0.1) is 0 Å². The summed E-state index contributed by atoms with van der Waals surface area (Å²) in [5, 5.41) is 7.04. The number of benzene rings is 1. The predicted octanol–water partition coefficient (Wildman–Crippen LogP) is 1.73. The third kappa shape index (κ3) is 1.68. The molecule has 0 radical (unpaired) electrons. The topological polar surface area (TPSA) is 101 Å². The van der Waals surface area contributed by atoms with Crippen LogP contribution in [-0.4, -0.2) is 15.2 Å². The molecule has 1 aromatic carbocycles. The van der Waals surface area contributed by atoms with E-state index in [9.17, 15) is 4.79 Å². The van der Waals surface area contributed by atoms with Crippen LogP contribution in [0.4, 0.5) is 0 Å². The Balaban J connectivity index is 2.18. The van der Waals surface area contributed by atoms with E-state index in [1.807, 2.05) is 6.07 Å². The van der Waals surface area contributed by atoms with Gasteiger partial charge in [0, 0.05) is 12.1 Å². The van der Waals surface area contributed by atoms with E-state index in [-0.39, 0.29) is 0 Å². The lowest BCUT2D eigenvalue weighted by Crippen LogP contribution is -1.96. The molecule has 3 rings (SSSR count). The van der Waals surface area contributed by atoms with Crippen LogP contribution in [-0.2, 0) is 6.54 Å². The smallest absolute Gasteiger partial charge is 0.408 e. The molecular weight excluding hydrogens is 300 g/mol. The largest absolute Gasteiger partial charge is 0.417 e. The first-order valence-corrected chi connectivity index (χ1v) is 6.04. The molecule has 0 aliphatic rings. The number of hydrogen-bond donors (Lipinski definition) is 3. The number of aromatic nitrogens is 3. The molecule has 0 unspecified atom stereocenters. The average molecular weight is 309 g/mol. The van der Waals surface area contributed by atoms with Crippen LogP contribution in [0.3, 0.4) is 0 Å². The maximum Gasteiger partial charge on any atom is 0.417 e. The fourth-order valence-corrected chi connectivity index (χ4v) is 2.35. The number of hydrogen-bond acceptors (Lipinski definition) is 4. The van der Waals surface area contributed by atoms with Gasteiger partial charge in [0.25, 0.3) is 0 Å². The highest BCUT2D eigenvalue weighted by molar-refractivity contribution is 9.10. The molecule has 0 aliphatic heterocycles. The number of H-pyrrole nitrogens is 2. The molecule has 2 heterocycles. The van der Waals surface area contributed by atoms with Crippen molar-refractivity contribution in [2.75, 3.05) is 0 Å². The Morgan fingerprint density at radius 1 is 1.44 bits per heavy atom. The van der Waals surface area contributed by atoms with E-state index in [1.54, 1.807) is 12.1 Å². The lowest BCUT2D eigenvalue weighted by Gasteiger charge is -1.97. The summed E-state index contributed by atoms with van der Waals surface area (Å²) in [5.41, 5.74) is 9.13. The molecule has 92 valence electrons. The molecule has 0 saturated carbocycles. The van der Waals surface area contributed by atoms with Gasteiger partial charge in [0.15, 0.2) is 5.58 Å². The molecule has 0 atom stereocenters. The van der Waals surface area contributed by atoms with E-state index in [0.717, 1.165) is 21.4 Å². The van der Waals surface area contributed by atoms with Crippen LogP contribution in [0, 0.1) is 0 Å². The first kappa shape index (κ1) is 11.2. The minimum absolute atomic E-state index is 0.370. The quantitative estimate of drug-likeness (QED) is 0.671. The molecule has 7 heteroatoms. The summed E-state index contributed by atoms with van der Waals surface area (Å²) in [6.45, 7) is 0.370. The summed E-state index contributed by atoms with van der Waals surface area (Å²) >= 11 is 3.44. The number of oxazole rings is 1. The van der Waals surface area contributed by atoms with Crippen molar-refractivity contribution < 1.29 is 4.42 Å². The molecule has 18 heavy (non-hydrogen) atoms. The van der Waals surface area contributed by atoms with Crippen LogP contribution in [0.15, 0.2) is 31.9 Å². The lowest BCUT2D eigenvalue weighted by molar-refractivity contribution is 0.555. The van der Waals surface area contributed by atoms with Crippen LogP contribution in [0.5, 0.6) is 0 Å². The van der Waals surface area contributed by atoms with Gasteiger partial charge in [-0.05, 0) is 28.1 Å². The molecule has 0 spiro atoms. The van der Waals surface area contributed by atoms with E-state index >= 15 is 0 Å². The Labute approximate surface area is 109 Å². The van der Waals surface area contributed by atoms with Crippen LogP contribution in [0.25, 0.3) is 22.4 Å². The van der Waals surface area contributed by atoms with Crippen molar-refractivity contribution in [3.8, 4) is 11.3 Å². The molecule has 0 amide bonds. The Morgan fingerprint density at radius 2 is 2.28 bits per heavy atom. The monoisotopic (exact) mass is 308 g/mol. The summed E-state index contributed by atoms with van der Waals surface area (Å²) in [7, 11) is 0. The number of nitrogens with two attached hydrogens (primary N) is 1. The number of nitrogens with zero attached hydrogens (tertiary/aromatic N) is 1. The fraction of sp³-hybridized carbons (Fsp3) is 0.0909. The van der Waals surface area contributed by atoms with E-state index < -0.39 is 5.76 Å². The molecule has 0 bridgehead atoms. The van der Waals surface area contributed by atoms with Gasteiger partial charge in [0.2, 0.25) is 0 Å². The fourth-order valence-electron chi connectivity index (χ4n) is 1.78. The maximum absolute atomic E-state index is 11.1. The van der Waals surface area contributed by atoms with Gasteiger partial charge in [0.1, 0.15) is 5.69 Å². The van der Waals surface area contributed by atoms with Gasteiger partial charge in [0.05, 0.1) is 15.7 Å².